The third-order valence-corrected chi connectivity index (χ3v) is 2.48. The maximum Gasteiger partial charge on any atom is 0.0594 e. The molecule has 72 valence electrons. The third-order valence-electron chi connectivity index (χ3n) is 2.48. The van der Waals surface area contributed by atoms with Crippen LogP contribution >= 0.6 is 0 Å². The number of morpholine rings is 1. The highest BCUT2D eigenvalue weighted by Crippen LogP contribution is 2.12. The van der Waals surface area contributed by atoms with Crippen molar-refractivity contribution in [3.05, 3.63) is 0 Å². The van der Waals surface area contributed by atoms with Crippen LogP contribution in [0.5, 0.6) is 0 Å². The Balaban J connectivity index is 2.24. The number of nitrogens with zero attached hydrogens (tertiary/aromatic N) is 1. The lowest BCUT2D eigenvalue weighted by atomic mass is 10.0. The van der Waals surface area contributed by atoms with E-state index in [1.807, 2.05) is 0 Å². The molecule has 1 atom stereocenters. The van der Waals surface area contributed by atoms with Crippen molar-refractivity contribution in [2.75, 3.05) is 26.3 Å². The van der Waals surface area contributed by atoms with Crippen molar-refractivity contribution in [3.8, 4) is 0 Å². The molecule has 0 radical (unpaired) electrons. The summed E-state index contributed by atoms with van der Waals surface area (Å²) in [6, 6.07) is 0.730. The van der Waals surface area contributed by atoms with E-state index in [0.717, 1.165) is 38.3 Å². The molecule has 1 rings (SSSR count). The monoisotopic (exact) mass is 171 g/mol. The quantitative estimate of drug-likeness (QED) is 0.641. The first kappa shape index (κ1) is 10.0. The second kappa shape index (κ2) is 4.83. The van der Waals surface area contributed by atoms with Crippen molar-refractivity contribution >= 4 is 0 Å². The lowest BCUT2D eigenvalue weighted by Crippen LogP contribution is -2.42. The van der Waals surface area contributed by atoms with Crippen LogP contribution in [-0.4, -0.2) is 37.2 Å². The molecular weight excluding hydrogens is 150 g/mol. The number of ether oxygens (including phenoxy) is 1. The molecule has 0 amide bonds. The van der Waals surface area contributed by atoms with Crippen molar-refractivity contribution in [2.24, 2.45) is 5.92 Å². The van der Waals surface area contributed by atoms with E-state index < -0.39 is 0 Å². The summed E-state index contributed by atoms with van der Waals surface area (Å²) >= 11 is 0. The zero-order valence-electron chi connectivity index (χ0n) is 8.55. The van der Waals surface area contributed by atoms with Gasteiger partial charge in [0.2, 0.25) is 0 Å². The van der Waals surface area contributed by atoms with Gasteiger partial charge in [0.25, 0.3) is 0 Å². The van der Waals surface area contributed by atoms with Crippen molar-refractivity contribution in [1.29, 1.82) is 0 Å². The fraction of sp³-hybridized carbons (Fsp3) is 1.00. The number of rotatable bonds is 3. The molecular formula is C10H21NO. The van der Waals surface area contributed by atoms with Gasteiger partial charge in [0.1, 0.15) is 0 Å². The maximum atomic E-state index is 5.31. The molecule has 0 aromatic carbocycles. The van der Waals surface area contributed by atoms with Gasteiger partial charge < -0.3 is 4.74 Å². The first-order valence-corrected chi connectivity index (χ1v) is 5.02. The highest BCUT2D eigenvalue weighted by atomic mass is 16.5. The normalized spacial score (nSPS) is 23.0. The Morgan fingerprint density at radius 2 is 1.75 bits per heavy atom. The smallest absolute Gasteiger partial charge is 0.0594 e. The molecule has 0 bridgehead atoms. The topological polar surface area (TPSA) is 12.5 Å². The average Bonchev–Trinajstić information content (AvgIpc) is 2.05. The van der Waals surface area contributed by atoms with Gasteiger partial charge in [-0.1, -0.05) is 13.8 Å². The first-order chi connectivity index (χ1) is 5.70. The van der Waals surface area contributed by atoms with Crippen LogP contribution in [0.4, 0.5) is 0 Å². The van der Waals surface area contributed by atoms with Crippen LogP contribution in [-0.2, 0) is 4.74 Å². The molecule has 0 aliphatic carbocycles. The molecule has 1 unspecified atom stereocenters. The van der Waals surface area contributed by atoms with Gasteiger partial charge in [-0.15, -0.1) is 0 Å². The molecule has 0 spiro atoms. The van der Waals surface area contributed by atoms with Crippen molar-refractivity contribution in [3.63, 3.8) is 0 Å². The summed E-state index contributed by atoms with van der Waals surface area (Å²) in [5, 5.41) is 0. The fourth-order valence-electron chi connectivity index (χ4n) is 1.85. The zero-order valence-corrected chi connectivity index (χ0v) is 8.55. The van der Waals surface area contributed by atoms with E-state index in [0.29, 0.717) is 0 Å². The summed E-state index contributed by atoms with van der Waals surface area (Å²) < 4.78 is 5.31. The van der Waals surface area contributed by atoms with Crippen LogP contribution in [0, 0.1) is 5.92 Å². The van der Waals surface area contributed by atoms with Gasteiger partial charge in [-0.2, -0.15) is 0 Å². The zero-order chi connectivity index (χ0) is 8.97. The van der Waals surface area contributed by atoms with Gasteiger partial charge in [0, 0.05) is 19.1 Å². The summed E-state index contributed by atoms with van der Waals surface area (Å²) in [6.45, 7) is 11.0. The molecule has 1 aliphatic heterocycles. The van der Waals surface area contributed by atoms with Crippen LogP contribution in [0.3, 0.4) is 0 Å². The molecule has 0 saturated carbocycles. The van der Waals surface area contributed by atoms with Gasteiger partial charge >= 0.3 is 0 Å². The summed E-state index contributed by atoms with van der Waals surface area (Å²) in [4.78, 5) is 2.53. The van der Waals surface area contributed by atoms with E-state index in [9.17, 15) is 0 Å². The van der Waals surface area contributed by atoms with Crippen molar-refractivity contribution in [1.82, 2.24) is 4.90 Å². The van der Waals surface area contributed by atoms with Crippen LogP contribution in [0.15, 0.2) is 0 Å². The van der Waals surface area contributed by atoms with Gasteiger partial charge in [-0.05, 0) is 19.3 Å². The van der Waals surface area contributed by atoms with Gasteiger partial charge in [0.15, 0.2) is 0 Å². The van der Waals surface area contributed by atoms with Crippen LogP contribution < -0.4 is 0 Å². The van der Waals surface area contributed by atoms with Crippen molar-refractivity contribution in [2.45, 2.75) is 33.2 Å². The van der Waals surface area contributed by atoms with Crippen molar-refractivity contribution < 1.29 is 4.74 Å². The van der Waals surface area contributed by atoms with Gasteiger partial charge in [0.05, 0.1) is 13.2 Å². The number of hydrogen-bond acceptors (Lipinski definition) is 2. The van der Waals surface area contributed by atoms with Crippen LogP contribution in [0.25, 0.3) is 0 Å². The van der Waals surface area contributed by atoms with Crippen LogP contribution in [0.1, 0.15) is 27.2 Å². The minimum Gasteiger partial charge on any atom is -0.379 e. The Kier molecular flexibility index (Phi) is 4.02. The Bertz CT molecular complexity index is 119. The predicted octanol–water partition coefficient (Wildman–Crippen LogP) is 1.75. The first-order valence-electron chi connectivity index (χ1n) is 5.02. The molecule has 12 heavy (non-hydrogen) atoms. The van der Waals surface area contributed by atoms with E-state index in [1.54, 1.807) is 0 Å². The molecule has 1 heterocycles. The fourth-order valence-corrected chi connectivity index (χ4v) is 1.85. The summed E-state index contributed by atoms with van der Waals surface area (Å²) in [5.74, 6) is 0.808. The lowest BCUT2D eigenvalue weighted by Gasteiger charge is -2.33. The average molecular weight is 171 g/mol. The summed E-state index contributed by atoms with van der Waals surface area (Å²) in [6.07, 6.45) is 1.31. The molecule has 2 nitrogen and oxygen atoms in total. The van der Waals surface area contributed by atoms with E-state index in [1.165, 1.54) is 6.42 Å². The van der Waals surface area contributed by atoms with E-state index in [-0.39, 0.29) is 0 Å². The molecule has 0 aromatic heterocycles. The summed E-state index contributed by atoms with van der Waals surface area (Å²) in [5.41, 5.74) is 0. The van der Waals surface area contributed by atoms with E-state index in [2.05, 4.69) is 25.7 Å². The maximum absolute atomic E-state index is 5.31. The van der Waals surface area contributed by atoms with Gasteiger partial charge in [-0.3, -0.25) is 4.90 Å². The Labute approximate surface area is 75.9 Å². The Morgan fingerprint density at radius 3 is 2.25 bits per heavy atom. The van der Waals surface area contributed by atoms with E-state index >= 15 is 0 Å². The molecule has 1 saturated heterocycles. The highest BCUT2D eigenvalue weighted by Gasteiger charge is 2.17. The SMILES string of the molecule is CC(C)CC(C)N1CCOCC1. The number of hydrogen-bond donors (Lipinski definition) is 0. The molecule has 1 fully saturated rings. The second-order valence-electron chi connectivity index (χ2n) is 4.13. The second-order valence-corrected chi connectivity index (χ2v) is 4.13. The molecule has 1 aliphatic rings. The largest absolute Gasteiger partial charge is 0.379 e. The minimum atomic E-state index is 0.730. The van der Waals surface area contributed by atoms with Gasteiger partial charge in [-0.25, -0.2) is 0 Å². The predicted molar refractivity (Wildman–Crippen MR) is 51.3 cm³/mol. The Hall–Kier alpha value is -0.0800. The van der Waals surface area contributed by atoms with E-state index in [4.69, 9.17) is 4.74 Å². The van der Waals surface area contributed by atoms with Crippen LogP contribution in [0.2, 0.25) is 0 Å². The minimum absolute atomic E-state index is 0.730. The molecule has 2 heteroatoms. The highest BCUT2D eigenvalue weighted by molar-refractivity contribution is 4.70. The summed E-state index contributed by atoms with van der Waals surface area (Å²) in [7, 11) is 0. The Morgan fingerprint density at radius 1 is 1.17 bits per heavy atom. The standard InChI is InChI=1S/C10H21NO/c1-9(2)8-10(3)11-4-6-12-7-5-11/h9-10H,4-8H2,1-3H3. The molecule has 0 N–H and O–H groups in total. The lowest BCUT2D eigenvalue weighted by molar-refractivity contribution is 0.0163. The molecule has 0 aromatic rings. The third kappa shape index (κ3) is 3.11.